The lowest BCUT2D eigenvalue weighted by Crippen LogP contribution is -2.58. The summed E-state index contributed by atoms with van der Waals surface area (Å²) in [4.78, 5) is 0. The number of hydrogen-bond donors (Lipinski definition) is 0. The van der Waals surface area contributed by atoms with Crippen molar-refractivity contribution in [1.29, 1.82) is 0 Å². The van der Waals surface area contributed by atoms with Gasteiger partial charge in [0.1, 0.15) is 17.8 Å². The van der Waals surface area contributed by atoms with Crippen LogP contribution in [0.3, 0.4) is 0 Å². The zero-order chi connectivity index (χ0) is 14.4. The quantitative estimate of drug-likeness (QED) is 0.864. The largest absolute Gasteiger partial charge is 0.372 e. The van der Waals surface area contributed by atoms with E-state index in [9.17, 15) is 0 Å². The fourth-order valence-corrected chi connectivity index (χ4v) is 3.85. The molecule has 0 spiro atoms. The molecular formula is C15H18BrN3O. The summed E-state index contributed by atoms with van der Waals surface area (Å²) in [6.07, 6.45) is 3.78. The highest BCUT2D eigenvalue weighted by Gasteiger charge is 2.60. The highest BCUT2D eigenvalue weighted by atomic mass is 79.9. The molecule has 0 radical (unpaired) electrons. The Labute approximate surface area is 127 Å². The summed E-state index contributed by atoms with van der Waals surface area (Å²) in [5, 5.41) is 8.35. The van der Waals surface area contributed by atoms with Crippen LogP contribution in [-0.4, -0.2) is 21.9 Å². The van der Waals surface area contributed by atoms with Crippen LogP contribution in [0.25, 0.3) is 0 Å². The molecule has 2 aromatic rings. The number of hydrogen-bond acceptors (Lipinski definition) is 3. The smallest absolute Gasteiger partial charge is 0.141 e. The molecule has 20 heavy (non-hydrogen) atoms. The normalized spacial score (nSPS) is 29.2. The number of benzene rings is 1. The van der Waals surface area contributed by atoms with Gasteiger partial charge < -0.3 is 9.30 Å². The average molecular weight is 336 g/mol. The summed E-state index contributed by atoms with van der Waals surface area (Å²) in [5.41, 5.74) is 0.692. The molecule has 0 aliphatic heterocycles. The lowest BCUT2D eigenvalue weighted by molar-refractivity contribution is -0.151. The third-order valence-corrected chi connectivity index (χ3v) is 5.21. The molecule has 4 nitrogen and oxygen atoms in total. The Morgan fingerprint density at radius 1 is 1.35 bits per heavy atom. The minimum absolute atomic E-state index is 0.159. The van der Waals surface area contributed by atoms with Crippen molar-refractivity contribution in [3.63, 3.8) is 0 Å². The van der Waals surface area contributed by atoms with E-state index < -0.39 is 0 Å². The fourth-order valence-electron chi connectivity index (χ4n) is 3.45. The molecule has 5 heteroatoms. The Bertz CT molecular complexity index is 638. The van der Waals surface area contributed by atoms with Crippen LogP contribution in [0.4, 0.5) is 0 Å². The second-order valence-corrected chi connectivity index (χ2v) is 6.55. The first-order valence-corrected chi connectivity index (χ1v) is 7.48. The molecule has 1 fully saturated rings. The predicted molar refractivity (Wildman–Crippen MR) is 80.4 cm³/mol. The second-order valence-electron chi connectivity index (χ2n) is 5.64. The van der Waals surface area contributed by atoms with E-state index in [4.69, 9.17) is 4.74 Å². The van der Waals surface area contributed by atoms with Crippen molar-refractivity contribution in [2.45, 2.75) is 30.8 Å². The first-order valence-electron chi connectivity index (χ1n) is 6.69. The Morgan fingerprint density at radius 3 is 2.65 bits per heavy atom. The molecule has 1 heterocycles. The van der Waals surface area contributed by atoms with Crippen LogP contribution in [0.15, 0.2) is 35.1 Å². The van der Waals surface area contributed by atoms with Crippen LogP contribution < -0.4 is 0 Å². The predicted octanol–water partition coefficient (Wildman–Crippen LogP) is 3.17. The summed E-state index contributed by atoms with van der Waals surface area (Å²) in [7, 11) is 3.77. The molecule has 0 amide bonds. The van der Waals surface area contributed by atoms with Crippen LogP contribution in [0.1, 0.15) is 31.2 Å². The molecule has 1 aliphatic rings. The Balaban J connectivity index is 2.12. The fraction of sp³-hybridized carbons (Fsp3) is 0.467. The lowest BCUT2D eigenvalue weighted by Gasteiger charge is -2.56. The number of rotatable bonds is 3. The van der Waals surface area contributed by atoms with Gasteiger partial charge in [-0.2, -0.15) is 0 Å². The van der Waals surface area contributed by atoms with E-state index in [0.29, 0.717) is 0 Å². The monoisotopic (exact) mass is 335 g/mol. The molecule has 106 valence electrons. The highest BCUT2D eigenvalue weighted by Crippen LogP contribution is 2.58. The van der Waals surface area contributed by atoms with Gasteiger partial charge in [-0.05, 0) is 37.5 Å². The second kappa shape index (κ2) is 4.67. The van der Waals surface area contributed by atoms with E-state index in [2.05, 4.69) is 51.3 Å². The van der Waals surface area contributed by atoms with Crippen LogP contribution in [0.5, 0.6) is 0 Å². The first kappa shape index (κ1) is 13.8. The molecule has 1 aromatic carbocycles. The summed E-state index contributed by atoms with van der Waals surface area (Å²) in [6.45, 7) is 2.21. The van der Waals surface area contributed by atoms with Crippen molar-refractivity contribution < 1.29 is 4.74 Å². The Hall–Kier alpha value is -1.20. The van der Waals surface area contributed by atoms with Crippen LogP contribution >= 0.6 is 15.9 Å². The van der Waals surface area contributed by atoms with Gasteiger partial charge in [0.15, 0.2) is 0 Å². The molecule has 3 rings (SSSR count). The van der Waals surface area contributed by atoms with Crippen LogP contribution in [0.2, 0.25) is 0 Å². The maximum atomic E-state index is 6.01. The SMILES string of the molecule is COC1(c2cccc(Br)c2)CCC1(C)c1nncn1C. The van der Waals surface area contributed by atoms with E-state index in [-0.39, 0.29) is 11.0 Å². The molecule has 1 saturated carbocycles. The standard InChI is InChI=1S/C15H18BrN3O/c1-14(13-18-17-10-19(13)2)7-8-15(14,20-3)11-5-4-6-12(16)9-11/h4-6,9-10H,7-8H2,1-3H3. The summed E-state index contributed by atoms with van der Waals surface area (Å²) in [5.74, 6) is 0.977. The van der Waals surface area contributed by atoms with E-state index >= 15 is 0 Å². The van der Waals surface area contributed by atoms with Crippen molar-refractivity contribution in [2.75, 3.05) is 7.11 Å². The summed E-state index contributed by atoms with van der Waals surface area (Å²) in [6, 6.07) is 8.35. The van der Waals surface area contributed by atoms with Crippen molar-refractivity contribution in [3.8, 4) is 0 Å². The zero-order valence-corrected chi connectivity index (χ0v) is 13.5. The molecule has 0 bridgehead atoms. The molecule has 1 aliphatic carbocycles. The molecule has 2 atom stereocenters. The van der Waals surface area contributed by atoms with Gasteiger partial charge >= 0.3 is 0 Å². The maximum absolute atomic E-state index is 6.01. The van der Waals surface area contributed by atoms with E-state index in [0.717, 1.165) is 23.1 Å². The number of halogens is 1. The number of methoxy groups -OCH3 is 1. The van der Waals surface area contributed by atoms with Gasteiger partial charge in [-0.25, -0.2) is 0 Å². The molecule has 1 aromatic heterocycles. The van der Waals surface area contributed by atoms with Crippen molar-refractivity contribution >= 4 is 15.9 Å². The van der Waals surface area contributed by atoms with Gasteiger partial charge in [0.05, 0.1) is 5.41 Å². The maximum Gasteiger partial charge on any atom is 0.141 e. The molecular weight excluding hydrogens is 318 g/mol. The van der Waals surface area contributed by atoms with Gasteiger partial charge in [-0.15, -0.1) is 10.2 Å². The Kier molecular flexibility index (Phi) is 3.21. The first-order chi connectivity index (χ1) is 9.53. The van der Waals surface area contributed by atoms with Crippen LogP contribution in [0, 0.1) is 0 Å². The van der Waals surface area contributed by atoms with E-state index in [1.807, 2.05) is 17.7 Å². The number of nitrogens with zero attached hydrogens (tertiary/aromatic N) is 3. The summed E-state index contributed by atoms with van der Waals surface area (Å²) < 4.78 is 9.07. The number of aromatic nitrogens is 3. The van der Waals surface area contributed by atoms with Gasteiger partial charge in [-0.3, -0.25) is 0 Å². The van der Waals surface area contributed by atoms with E-state index in [1.54, 1.807) is 13.4 Å². The third-order valence-electron chi connectivity index (χ3n) is 4.71. The zero-order valence-electron chi connectivity index (χ0n) is 11.9. The third kappa shape index (κ3) is 1.69. The number of ether oxygens (including phenoxy) is 1. The Morgan fingerprint density at radius 2 is 2.15 bits per heavy atom. The minimum Gasteiger partial charge on any atom is -0.372 e. The molecule has 0 N–H and O–H groups in total. The van der Waals surface area contributed by atoms with Crippen molar-refractivity contribution in [1.82, 2.24) is 14.8 Å². The lowest BCUT2D eigenvalue weighted by atomic mass is 9.54. The van der Waals surface area contributed by atoms with Gasteiger partial charge in [0.25, 0.3) is 0 Å². The van der Waals surface area contributed by atoms with Gasteiger partial charge in [-0.1, -0.05) is 28.1 Å². The van der Waals surface area contributed by atoms with Gasteiger partial charge in [0, 0.05) is 18.6 Å². The van der Waals surface area contributed by atoms with Crippen molar-refractivity contribution in [3.05, 3.63) is 46.5 Å². The van der Waals surface area contributed by atoms with Crippen LogP contribution in [-0.2, 0) is 22.8 Å². The average Bonchev–Trinajstić information content (AvgIpc) is 2.84. The number of aryl methyl sites for hydroxylation is 1. The molecule has 0 saturated heterocycles. The highest BCUT2D eigenvalue weighted by molar-refractivity contribution is 9.10. The summed E-state index contributed by atoms with van der Waals surface area (Å²) >= 11 is 3.55. The minimum atomic E-state index is -0.336. The van der Waals surface area contributed by atoms with E-state index in [1.165, 1.54) is 5.56 Å². The topological polar surface area (TPSA) is 39.9 Å². The molecule has 2 unspecified atom stereocenters. The van der Waals surface area contributed by atoms with Crippen molar-refractivity contribution in [2.24, 2.45) is 7.05 Å². The van der Waals surface area contributed by atoms with Gasteiger partial charge in [0.2, 0.25) is 0 Å².